The lowest BCUT2D eigenvalue weighted by molar-refractivity contribution is 1.20. The smallest absolute Gasteiger partial charge is 0.0373 e. The topological polar surface area (TPSA) is 12.9 Å². The largest absolute Gasteiger partial charge is 0.261 e. The van der Waals surface area contributed by atoms with Crippen LogP contribution in [0.3, 0.4) is 0 Å². The minimum absolute atomic E-state index is 0. The summed E-state index contributed by atoms with van der Waals surface area (Å²) in [6.45, 7) is 1.99. The molecule has 0 fully saturated rings. The van der Waals surface area contributed by atoms with Gasteiger partial charge in [0.15, 0.2) is 0 Å². The molecule has 1 nitrogen and oxygen atoms in total. The van der Waals surface area contributed by atoms with Gasteiger partial charge in [-0.2, -0.15) is 0 Å². The first kappa shape index (κ1) is 10.5. The summed E-state index contributed by atoms with van der Waals surface area (Å²) >= 11 is 0. The van der Waals surface area contributed by atoms with Crippen LogP contribution < -0.4 is 0 Å². The standard InChI is InChI=1S/C12H11N.CH4/c1-10-7-8-12(9-13-10)11-5-3-2-4-6-11;/h2-9H,1H3;1H4. The van der Waals surface area contributed by atoms with Gasteiger partial charge in [0.2, 0.25) is 0 Å². The van der Waals surface area contributed by atoms with Gasteiger partial charge < -0.3 is 0 Å². The van der Waals surface area contributed by atoms with E-state index < -0.39 is 0 Å². The number of rotatable bonds is 1. The van der Waals surface area contributed by atoms with Gasteiger partial charge in [0, 0.05) is 17.5 Å². The number of benzene rings is 1. The molecule has 2 aromatic rings. The maximum absolute atomic E-state index is 4.26. The Morgan fingerprint density at radius 2 is 1.57 bits per heavy atom. The highest BCUT2D eigenvalue weighted by molar-refractivity contribution is 5.61. The third-order valence-corrected chi connectivity index (χ3v) is 2.02. The maximum atomic E-state index is 4.26. The Labute approximate surface area is 85.4 Å². The second-order valence-electron chi connectivity index (χ2n) is 3.05. The molecule has 2 rings (SSSR count). The molecule has 0 spiro atoms. The average Bonchev–Trinajstić information content (AvgIpc) is 2.20. The van der Waals surface area contributed by atoms with Crippen LogP contribution in [0, 0.1) is 6.92 Å². The summed E-state index contributed by atoms with van der Waals surface area (Å²) in [7, 11) is 0. The lowest BCUT2D eigenvalue weighted by Gasteiger charge is -2.00. The Morgan fingerprint density at radius 1 is 0.857 bits per heavy atom. The van der Waals surface area contributed by atoms with Crippen molar-refractivity contribution in [3.63, 3.8) is 0 Å². The molecule has 0 bridgehead atoms. The second-order valence-corrected chi connectivity index (χ2v) is 3.05. The van der Waals surface area contributed by atoms with E-state index in [4.69, 9.17) is 0 Å². The van der Waals surface area contributed by atoms with Gasteiger partial charge in [-0.3, -0.25) is 4.98 Å². The van der Waals surface area contributed by atoms with Gasteiger partial charge in [0.25, 0.3) is 0 Å². The molecule has 14 heavy (non-hydrogen) atoms. The fourth-order valence-corrected chi connectivity index (χ4v) is 1.27. The normalized spacial score (nSPS) is 9.21. The predicted molar refractivity (Wildman–Crippen MR) is 61.1 cm³/mol. The van der Waals surface area contributed by atoms with Gasteiger partial charge in [0.1, 0.15) is 0 Å². The molecule has 0 amide bonds. The molecule has 1 aromatic heterocycles. The molecule has 72 valence electrons. The second kappa shape index (κ2) is 4.56. The number of aromatic nitrogens is 1. The van der Waals surface area contributed by atoms with Crippen LogP contribution in [0.25, 0.3) is 11.1 Å². The van der Waals surface area contributed by atoms with Crippen LogP contribution in [0.15, 0.2) is 48.7 Å². The number of nitrogens with zero attached hydrogens (tertiary/aromatic N) is 1. The van der Waals surface area contributed by atoms with Gasteiger partial charge in [-0.15, -0.1) is 0 Å². The molecule has 0 saturated heterocycles. The van der Waals surface area contributed by atoms with Crippen molar-refractivity contribution in [3.8, 4) is 11.1 Å². The zero-order valence-corrected chi connectivity index (χ0v) is 7.57. The van der Waals surface area contributed by atoms with E-state index in [-0.39, 0.29) is 7.43 Å². The maximum Gasteiger partial charge on any atom is 0.0373 e. The molecular formula is C13H15N. The Kier molecular flexibility index (Phi) is 3.41. The first-order valence-corrected chi connectivity index (χ1v) is 4.34. The third kappa shape index (κ3) is 2.19. The summed E-state index contributed by atoms with van der Waals surface area (Å²) in [5, 5.41) is 0. The lowest BCUT2D eigenvalue weighted by Crippen LogP contribution is -1.81. The van der Waals surface area contributed by atoms with Gasteiger partial charge in [0.05, 0.1) is 0 Å². The van der Waals surface area contributed by atoms with E-state index in [0.717, 1.165) is 5.69 Å². The van der Waals surface area contributed by atoms with Crippen molar-refractivity contribution in [1.82, 2.24) is 4.98 Å². The first-order valence-electron chi connectivity index (χ1n) is 4.34. The molecule has 0 radical (unpaired) electrons. The molecule has 0 aliphatic heterocycles. The van der Waals surface area contributed by atoms with Gasteiger partial charge >= 0.3 is 0 Å². The summed E-state index contributed by atoms with van der Waals surface area (Å²) in [6, 6.07) is 14.4. The average molecular weight is 185 g/mol. The van der Waals surface area contributed by atoms with Crippen LogP contribution in [-0.4, -0.2) is 4.98 Å². The molecule has 0 N–H and O–H groups in total. The van der Waals surface area contributed by atoms with E-state index in [1.165, 1.54) is 11.1 Å². The number of hydrogen-bond donors (Lipinski definition) is 0. The first-order chi connectivity index (χ1) is 6.36. The van der Waals surface area contributed by atoms with Crippen LogP contribution in [0.1, 0.15) is 13.1 Å². The van der Waals surface area contributed by atoms with Crippen LogP contribution >= 0.6 is 0 Å². The Hall–Kier alpha value is -1.63. The molecule has 0 unspecified atom stereocenters. The molecule has 0 aliphatic carbocycles. The van der Waals surface area contributed by atoms with Crippen molar-refractivity contribution in [3.05, 3.63) is 54.4 Å². The lowest BCUT2D eigenvalue weighted by atomic mass is 10.1. The Bertz CT molecular complexity index is 376. The quantitative estimate of drug-likeness (QED) is 0.660. The highest BCUT2D eigenvalue weighted by atomic mass is 14.7. The van der Waals surface area contributed by atoms with Gasteiger partial charge in [-0.1, -0.05) is 43.8 Å². The minimum atomic E-state index is 0. The molecule has 0 atom stereocenters. The number of pyridine rings is 1. The van der Waals surface area contributed by atoms with Crippen molar-refractivity contribution in [2.45, 2.75) is 14.4 Å². The highest BCUT2D eigenvalue weighted by Crippen LogP contribution is 2.17. The van der Waals surface area contributed by atoms with Crippen LogP contribution in [0.4, 0.5) is 0 Å². The molecule has 1 heteroatoms. The monoisotopic (exact) mass is 185 g/mol. The zero-order valence-electron chi connectivity index (χ0n) is 7.57. The zero-order chi connectivity index (χ0) is 9.10. The predicted octanol–water partition coefficient (Wildman–Crippen LogP) is 3.69. The van der Waals surface area contributed by atoms with E-state index in [9.17, 15) is 0 Å². The minimum Gasteiger partial charge on any atom is -0.261 e. The van der Waals surface area contributed by atoms with E-state index in [2.05, 4.69) is 23.2 Å². The van der Waals surface area contributed by atoms with Crippen LogP contribution in [0.2, 0.25) is 0 Å². The van der Waals surface area contributed by atoms with E-state index in [1.54, 1.807) is 0 Å². The number of hydrogen-bond acceptors (Lipinski definition) is 1. The van der Waals surface area contributed by atoms with Crippen LogP contribution in [-0.2, 0) is 0 Å². The van der Waals surface area contributed by atoms with E-state index >= 15 is 0 Å². The highest BCUT2D eigenvalue weighted by Gasteiger charge is 1.94. The summed E-state index contributed by atoms with van der Waals surface area (Å²) in [4.78, 5) is 4.26. The molecule has 0 aliphatic rings. The SMILES string of the molecule is C.Cc1ccc(-c2ccccc2)cn1. The van der Waals surface area contributed by atoms with Crippen molar-refractivity contribution in [2.24, 2.45) is 0 Å². The van der Waals surface area contributed by atoms with E-state index in [1.807, 2.05) is 37.4 Å². The Balaban J connectivity index is 0.000000980. The third-order valence-electron chi connectivity index (χ3n) is 2.02. The molecule has 0 saturated carbocycles. The van der Waals surface area contributed by atoms with Crippen molar-refractivity contribution < 1.29 is 0 Å². The molecule has 1 aromatic carbocycles. The fourth-order valence-electron chi connectivity index (χ4n) is 1.27. The fraction of sp³-hybridized carbons (Fsp3) is 0.154. The summed E-state index contributed by atoms with van der Waals surface area (Å²) in [6.07, 6.45) is 1.91. The molecule has 1 heterocycles. The number of aryl methyl sites for hydroxylation is 1. The van der Waals surface area contributed by atoms with Gasteiger partial charge in [-0.25, -0.2) is 0 Å². The van der Waals surface area contributed by atoms with E-state index in [0.29, 0.717) is 0 Å². The Morgan fingerprint density at radius 3 is 2.14 bits per heavy atom. The summed E-state index contributed by atoms with van der Waals surface area (Å²) in [5.41, 5.74) is 3.45. The van der Waals surface area contributed by atoms with Crippen LogP contribution in [0.5, 0.6) is 0 Å². The van der Waals surface area contributed by atoms with Crippen molar-refractivity contribution in [2.75, 3.05) is 0 Å². The summed E-state index contributed by atoms with van der Waals surface area (Å²) in [5.74, 6) is 0. The summed E-state index contributed by atoms with van der Waals surface area (Å²) < 4.78 is 0. The van der Waals surface area contributed by atoms with Crippen molar-refractivity contribution >= 4 is 0 Å². The molecular weight excluding hydrogens is 170 g/mol. The van der Waals surface area contributed by atoms with Crippen molar-refractivity contribution in [1.29, 1.82) is 0 Å². The van der Waals surface area contributed by atoms with Gasteiger partial charge in [-0.05, 0) is 18.6 Å².